The second-order valence-corrected chi connectivity index (χ2v) is 3.99. The summed E-state index contributed by atoms with van der Waals surface area (Å²) < 4.78 is 0. The van der Waals surface area contributed by atoms with Crippen LogP contribution in [0.15, 0.2) is 12.7 Å². The first kappa shape index (κ1) is 12.2. The molecule has 1 amide bonds. The summed E-state index contributed by atoms with van der Waals surface area (Å²) in [5.41, 5.74) is 5.00. The maximum atomic E-state index is 11.6. The van der Waals surface area contributed by atoms with Gasteiger partial charge in [-0.2, -0.15) is 0 Å². The van der Waals surface area contributed by atoms with Crippen LogP contribution >= 0.6 is 0 Å². The third-order valence-electron chi connectivity index (χ3n) is 2.02. The molecule has 1 unspecified atom stereocenters. The molecule has 0 aromatic carbocycles. The SMILES string of the molecule is C=CCC(C)NC(=O)C(C)(C)CN. The predicted molar refractivity (Wildman–Crippen MR) is 55.3 cm³/mol. The Morgan fingerprint density at radius 2 is 2.23 bits per heavy atom. The van der Waals surface area contributed by atoms with Gasteiger partial charge in [0.2, 0.25) is 5.91 Å². The highest BCUT2D eigenvalue weighted by Crippen LogP contribution is 2.12. The number of hydrogen-bond acceptors (Lipinski definition) is 2. The van der Waals surface area contributed by atoms with Gasteiger partial charge in [-0.1, -0.05) is 6.08 Å². The van der Waals surface area contributed by atoms with Crippen molar-refractivity contribution >= 4 is 5.91 Å². The second kappa shape index (κ2) is 5.02. The molecule has 76 valence electrons. The van der Waals surface area contributed by atoms with Crippen LogP contribution < -0.4 is 11.1 Å². The van der Waals surface area contributed by atoms with Gasteiger partial charge in [0.15, 0.2) is 0 Å². The maximum Gasteiger partial charge on any atom is 0.227 e. The minimum absolute atomic E-state index is 0.00403. The molecule has 0 aromatic rings. The topological polar surface area (TPSA) is 55.1 Å². The van der Waals surface area contributed by atoms with Crippen LogP contribution in [-0.4, -0.2) is 18.5 Å². The van der Waals surface area contributed by atoms with E-state index >= 15 is 0 Å². The summed E-state index contributed by atoms with van der Waals surface area (Å²) in [5, 5.41) is 2.88. The van der Waals surface area contributed by atoms with E-state index in [0.717, 1.165) is 6.42 Å². The number of carbonyl (C=O) groups is 1. The van der Waals surface area contributed by atoms with Crippen LogP contribution in [0.4, 0.5) is 0 Å². The molecule has 0 aliphatic rings. The monoisotopic (exact) mass is 184 g/mol. The van der Waals surface area contributed by atoms with E-state index in [9.17, 15) is 4.79 Å². The lowest BCUT2D eigenvalue weighted by molar-refractivity contribution is -0.129. The van der Waals surface area contributed by atoms with Gasteiger partial charge in [-0.05, 0) is 27.2 Å². The van der Waals surface area contributed by atoms with Gasteiger partial charge in [0.05, 0.1) is 5.41 Å². The van der Waals surface area contributed by atoms with Crippen LogP contribution in [-0.2, 0) is 4.79 Å². The van der Waals surface area contributed by atoms with Crippen LogP contribution in [0.5, 0.6) is 0 Å². The van der Waals surface area contributed by atoms with E-state index in [1.54, 1.807) is 6.08 Å². The first-order chi connectivity index (χ1) is 5.94. The largest absolute Gasteiger partial charge is 0.353 e. The van der Waals surface area contributed by atoms with E-state index in [4.69, 9.17) is 5.73 Å². The molecule has 13 heavy (non-hydrogen) atoms. The molecular weight excluding hydrogens is 164 g/mol. The van der Waals surface area contributed by atoms with Crippen molar-refractivity contribution in [3.63, 3.8) is 0 Å². The van der Waals surface area contributed by atoms with Crippen LogP contribution in [0.25, 0.3) is 0 Å². The number of rotatable bonds is 5. The fourth-order valence-corrected chi connectivity index (χ4v) is 0.821. The van der Waals surface area contributed by atoms with E-state index < -0.39 is 5.41 Å². The average molecular weight is 184 g/mol. The average Bonchev–Trinajstić information content (AvgIpc) is 2.04. The van der Waals surface area contributed by atoms with E-state index in [0.29, 0.717) is 6.54 Å². The van der Waals surface area contributed by atoms with Crippen molar-refractivity contribution in [2.24, 2.45) is 11.1 Å². The molecule has 3 nitrogen and oxygen atoms in total. The number of hydrogen-bond donors (Lipinski definition) is 2. The number of amides is 1. The van der Waals surface area contributed by atoms with Gasteiger partial charge >= 0.3 is 0 Å². The molecule has 0 bridgehead atoms. The van der Waals surface area contributed by atoms with Gasteiger partial charge in [0.25, 0.3) is 0 Å². The summed E-state index contributed by atoms with van der Waals surface area (Å²) >= 11 is 0. The quantitative estimate of drug-likeness (QED) is 0.627. The van der Waals surface area contributed by atoms with Crippen molar-refractivity contribution in [3.8, 4) is 0 Å². The molecule has 0 saturated carbocycles. The lowest BCUT2D eigenvalue weighted by Crippen LogP contribution is -2.45. The highest BCUT2D eigenvalue weighted by atomic mass is 16.2. The highest BCUT2D eigenvalue weighted by molar-refractivity contribution is 5.82. The summed E-state index contributed by atoms with van der Waals surface area (Å²) in [5.74, 6) is 0.00403. The molecule has 0 saturated heterocycles. The first-order valence-corrected chi connectivity index (χ1v) is 4.56. The summed E-state index contributed by atoms with van der Waals surface area (Å²) in [7, 11) is 0. The Labute approximate surface area is 80.4 Å². The molecule has 0 rings (SSSR count). The van der Waals surface area contributed by atoms with Gasteiger partial charge in [0, 0.05) is 12.6 Å². The zero-order valence-corrected chi connectivity index (χ0v) is 8.76. The third-order valence-corrected chi connectivity index (χ3v) is 2.02. The second-order valence-electron chi connectivity index (χ2n) is 3.99. The number of carbonyl (C=O) groups excluding carboxylic acids is 1. The van der Waals surface area contributed by atoms with Crippen molar-refractivity contribution in [1.29, 1.82) is 0 Å². The Morgan fingerprint density at radius 3 is 2.62 bits per heavy atom. The Kier molecular flexibility index (Phi) is 4.70. The minimum Gasteiger partial charge on any atom is -0.353 e. The fourth-order valence-electron chi connectivity index (χ4n) is 0.821. The van der Waals surface area contributed by atoms with Crippen LogP contribution in [0, 0.1) is 5.41 Å². The van der Waals surface area contributed by atoms with Crippen molar-refractivity contribution < 1.29 is 4.79 Å². The third kappa shape index (κ3) is 4.08. The molecule has 0 aromatic heterocycles. The number of nitrogens with one attached hydrogen (secondary N) is 1. The number of nitrogens with two attached hydrogens (primary N) is 1. The Bertz CT molecular complexity index is 187. The molecule has 0 fully saturated rings. The van der Waals surface area contributed by atoms with Crippen molar-refractivity contribution in [1.82, 2.24) is 5.32 Å². The van der Waals surface area contributed by atoms with Crippen LogP contribution in [0.1, 0.15) is 27.2 Å². The van der Waals surface area contributed by atoms with Crippen molar-refractivity contribution in [3.05, 3.63) is 12.7 Å². The summed E-state index contributed by atoms with van der Waals surface area (Å²) in [6.07, 6.45) is 2.58. The molecule has 0 radical (unpaired) electrons. The maximum absolute atomic E-state index is 11.6. The van der Waals surface area contributed by atoms with E-state index in [1.165, 1.54) is 0 Å². The van der Waals surface area contributed by atoms with Gasteiger partial charge < -0.3 is 11.1 Å². The predicted octanol–water partition coefficient (Wildman–Crippen LogP) is 1.05. The molecule has 0 heterocycles. The standard InChI is InChI=1S/C10H20N2O/c1-5-6-8(2)12-9(13)10(3,4)7-11/h5,8H,1,6-7,11H2,2-4H3,(H,12,13). The molecule has 0 aliphatic heterocycles. The van der Waals surface area contributed by atoms with Gasteiger partial charge in [0.1, 0.15) is 0 Å². The molecule has 3 heteroatoms. The van der Waals surface area contributed by atoms with Crippen molar-refractivity contribution in [2.75, 3.05) is 6.54 Å². The fraction of sp³-hybridized carbons (Fsp3) is 0.700. The molecule has 0 aliphatic carbocycles. The smallest absolute Gasteiger partial charge is 0.227 e. The molecule has 3 N–H and O–H groups in total. The van der Waals surface area contributed by atoms with Gasteiger partial charge in [-0.25, -0.2) is 0 Å². The lowest BCUT2D eigenvalue weighted by Gasteiger charge is -2.23. The van der Waals surface area contributed by atoms with Crippen molar-refractivity contribution in [2.45, 2.75) is 33.2 Å². The summed E-state index contributed by atoms with van der Waals surface area (Å²) in [6.45, 7) is 9.60. The van der Waals surface area contributed by atoms with Crippen LogP contribution in [0.3, 0.4) is 0 Å². The zero-order valence-electron chi connectivity index (χ0n) is 8.76. The summed E-state index contributed by atoms with van der Waals surface area (Å²) in [4.78, 5) is 11.6. The van der Waals surface area contributed by atoms with E-state index in [-0.39, 0.29) is 11.9 Å². The summed E-state index contributed by atoms with van der Waals surface area (Å²) in [6, 6.07) is 0.135. The Balaban J connectivity index is 4.06. The van der Waals surface area contributed by atoms with E-state index in [1.807, 2.05) is 20.8 Å². The zero-order chi connectivity index (χ0) is 10.5. The Morgan fingerprint density at radius 1 is 1.69 bits per heavy atom. The van der Waals surface area contributed by atoms with Crippen LogP contribution in [0.2, 0.25) is 0 Å². The highest BCUT2D eigenvalue weighted by Gasteiger charge is 2.26. The Hall–Kier alpha value is -0.830. The van der Waals surface area contributed by atoms with E-state index in [2.05, 4.69) is 11.9 Å². The molecule has 0 spiro atoms. The van der Waals surface area contributed by atoms with Gasteiger partial charge in [-0.3, -0.25) is 4.79 Å². The lowest BCUT2D eigenvalue weighted by atomic mass is 9.92. The molecular formula is C10H20N2O. The first-order valence-electron chi connectivity index (χ1n) is 4.56. The van der Waals surface area contributed by atoms with Gasteiger partial charge in [-0.15, -0.1) is 6.58 Å². The minimum atomic E-state index is -0.477. The normalized spacial score (nSPS) is 13.5. The molecule has 1 atom stereocenters.